The summed E-state index contributed by atoms with van der Waals surface area (Å²) in [5.74, 6) is -0.859. The van der Waals surface area contributed by atoms with Gasteiger partial charge in [0.05, 0.1) is 12.1 Å². The summed E-state index contributed by atoms with van der Waals surface area (Å²) in [5.41, 5.74) is 0.905. The Labute approximate surface area is 95.3 Å². The van der Waals surface area contributed by atoms with Crippen molar-refractivity contribution < 1.29 is 9.90 Å². The van der Waals surface area contributed by atoms with E-state index in [2.05, 4.69) is 18.9 Å². The second kappa shape index (κ2) is 3.34. The summed E-state index contributed by atoms with van der Waals surface area (Å²) in [5, 5.41) is 13.4. The summed E-state index contributed by atoms with van der Waals surface area (Å²) in [7, 11) is 0. The quantitative estimate of drug-likeness (QED) is 0.853. The molecule has 1 aromatic heterocycles. The van der Waals surface area contributed by atoms with Gasteiger partial charge in [0.1, 0.15) is 0 Å². The molecule has 0 spiro atoms. The lowest BCUT2D eigenvalue weighted by atomic mass is 10.1. The van der Waals surface area contributed by atoms with E-state index in [0.717, 1.165) is 5.56 Å². The minimum absolute atomic E-state index is 0.109. The van der Waals surface area contributed by atoms with Crippen LogP contribution in [0.5, 0.6) is 0 Å². The third-order valence-electron chi connectivity index (χ3n) is 3.60. The molecule has 1 aliphatic carbocycles. The average molecular weight is 222 g/mol. The van der Waals surface area contributed by atoms with Crippen molar-refractivity contribution in [2.45, 2.75) is 39.7 Å². The fourth-order valence-corrected chi connectivity index (χ4v) is 2.52. The molecule has 0 radical (unpaired) electrons. The zero-order valence-electron chi connectivity index (χ0n) is 10.1. The Balaban J connectivity index is 2.23. The van der Waals surface area contributed by atoms with Gasteiger partial charge in [-0.3, -0.25) is 9.48 Å². The number of hydrogen-bond donors (Lipinski definition) is 1. The van der Waals surface area contributed by atoms with E-state index >= 15 is 0 Å². The van der Waals surface area contributed by atoms with Crippen molar-refractivity contribution in [1.29, 1.82) is 0 Å². The number of aromatic nitrogens is 2. The second-order valence-electron chi connectivity index (χ2n) is 5.46. The van der Waals surface area contributed by atoms with Crippen LogP contribution in [-0.4, -0.2) is 20.9 Å². The molecule has 1 aromatic rings. The summed E-state index contributed by atoms with van der Waals surface area (Å²) in [6, 6.07) is 0.318. The van der Waals surface area contributed by atoms with Crippen LogP contribution < -0.4 is 0 Å². The molecule has 88 valence electrons. The van der Waals surface area contributed by atoms with Crippen molar-refractivity contribution in [2.24, 2.45) is 11.3 Å². The molecular weight excluding hydrogens is 204 g/mol. The minimum atomic E-state index is -0.702. The van der Waals surface area contributed by atoms with Crippen molar-refractivity contribution in [1.82, 2.24) is 9.78 Å². The Bertz CT molecular complexity index is 420. The van der Waals surface area contributed by atoms with Crippen LogP contribution in [0.4, 0.5) is 0 Å². The van der Waals surface area contributed by atoms with E-state index in [9.17, 15) is 4.79 Å². The van der Waals surface area contributed by atoms with Gasteiger partial charge in [-0.05, 0) is 24.8 Å². The van der Waals surface area contributed by atoms with Gasteiger partial charge in [-0.2, -0.15) is 5.10 Å². The Morgan fingerprint density at radius 2 is 2.19 bits per heavy atom. The van der Waals surface area contributed by atoms with Crippen LogP contribution in [0.25, 0.3) is 0 Å². The Morgan fingerprint density at radius 1 is 1.56 bits per heavy atom. The number of aliphatic carboxylic acids is 1. The lowest BCUT2D eigenvalue weighted by Gasteiger charge is -2.03. The van der Waals surface area contributed by atoms with E-state index in [1.807, 2.05) is 24.7 Å². The van der Waals surface area contributed by atoms with Crippen LogP contribution in [0, 0.1) is 11.3 Å². The zero-order chi connectivity index (χ0) is 12.1. The molecule has 0 aliphatic heterocycles. The van der Waals surface area contributed by atoms with E-state index < -0.39 is 5.97 Å². The number of carbonyl (C=O) groups is 1. The number of carboxylic acid groups (broad SMARTS) is 1. The highest BCUT2D eigenvalue weighted by Crippen LogP contribution is 2.64. The van der Waals surface area contributed by atoms with E-state index in [1.165, 1.54) is 0 Å². The van der Waals surface area contributed by atoms with Crippen LogP contribution in [0.3, 0.4) is 0 Å². The highest BCUT2D eigenvalue weighted by molar-refractivity contribution is 5.77. The molecular formula is C12H18N2O2. The number of carboxylic acids is 1. The minimum Gasteiger partial charge on any atom is -0.481 e. The molecule has 0 saturated heterocycles. The molecule has 1 saturated carbocycles. The molecule has 1 heterocycles. The Kier molecular flexibility index (Phi) is 2.33. The summed E-state index contributed by atoms with van der Waals surface area (Å²) in [4.78, 5) is 11.1. The van der Waals surface area contributed by atoms with Gasteiger partial charge >= 0.3 is 5.97 Å². The van der Waals surface area contributed by atoms with E-state index in [4.69, 9.17) is 5.11 Å². The zero-order valence-corrected chi connectivity index (χ0v) is 10.1. The average Bonchev–Trinajstić information content (AvgIpc) is 2.60. The van der Waals surface area contributed by atoms with Gasteiger partial charge in [0.2, 0.25) is 0 Å². The highest BCUT2D eigenvalue weighted by Gasteiger charge is 2.63. The highest BCUT2D eigenvalue weighted by atomic mass is 16.4. The smallest absolute Gasteiger partial charge is 0.307 e. The van der Waals surface area contributed by atoms with Crippen LogP contribution in [0.15, 0.2) is 12.4 Å². The first-order chi connectivity index (χ1) is 7.35. The maximum Gasteiger partial charge on any atom is 0.307 e. The Morgan fingerprint density at radius 3 is 2.56 bits per heavy atom. The van der Waals surface area contributed by atoms with Gasteiger partial charge in [-0.25, -0.2) is 0 Å². The predicted molar refractivity (Wildman–Crippen MR) is 60.3 cm³/mol. The number of nitrogens with zero attached hydrogens (tertiary/aromatic N) is 2. The van der Waals surface area contributed by atoms with Crippen molar-refractivity contribution >= 4 is 5.97 Å². The van der Waals surface area contributed by atoms with Crippen LogP contribution in [0.1, 0.15) is 45.2 Å². The molecule has 4 heteroatoms. The molecule has 16 heavy (non-hydrogen) atoms. The molecule has 2 unspecified atom stereocenters. The van der Waals surface area contributed by atoms with Gasteiger partial charge in [-0.15, -0.1) is 0 Å². The van der Waals surface area contributed by atoms with Crippen LogP contribution in [0.2, 0.25) is 0 Å². The molecule has 4 nitrogen and oxygen atoms in total. The molecule has 0 amide bonds. The molecule has 0 aromatic carbocycles. The monoisotopic (exact) mass is 222 g/mol. The summed E-state index contributed by atoms with van der Waals surface area (Å²) in [6.45, 7) is 8.12. The SMILES string of the molecule is CC(C)n1cc(C2C(C(=O)O)C2(C)C)cn1. The molecule has 2 rings (SSSR count). The van der Waals surface area contributed by atoms with Crippen molar-refractivity contribution in [2.75, 3.05) is 0 Å². The van der Waals surface area contributed by atoms with E-state index in [0.29, 0.717) is 6.04 Å². The lowest BCUT2D eigenvalue weighted by molar-refractivity contribution is -0.139. The van der Waals surface area contributed by atoms with E-state index in [1.54, 1.807) is 6.20 Å². The molecule has 2 atom stereocenters. The van der Waals surface area contributed by atoms with Crippen LogP contribution in [-0.2, 0) is 4.79 Å². The molecule has 0 bridgehead atoms. The first-order valence-corrected chi connectivity index (χ1v) is 5.62. The molecule has 1 aliphatic rings. The van der Waals surface area contributed by atoms with Gasteiger partial charge in [0, 0.05) is 18.2 Å². The van der Waals surface area contributed by atoms with E-state index in [-0.39, 0.29) is 17.3 Å². The third-order valence-corrected chi connectivity index (χ3v) is 3.60. The normalized spacial score (nSPS) is 27.1. The number of hydrogen-bond acceptors (Lipinski definition) is 2. The summed E-state index contributed by atoms with van der Waals surface area (Å²) in [6.07, 6.45) is 3.77. The Hall–Kier alpha value is -1.32. The number of rotatable bonds is 3. The van der Waals surface area contributed by atoms with Crippen LogP contribution >= 0.6 is 0 Å². The molecule has 1 fully saturated rings. The largest absolute Gasteiger partial charge is 0.481 e. The third kappa shape index (κ3) is 1.52. The maximum absolute atomic E-state index is 11.1. The standard InChI is InChI=1S/C12H18N2O2/c1-7(2)14-6-8(5-13-14)9-10(11(15)16)12(9,3)4/h5-7,9-10H,1-4H3,(H,15,16). The second-order valence-corrected chi connectivity index (χ2v) is 5.46. The van der Waals surface area contributed by atoms with Gasteiger partial charge < -0.3 is 5.11 Å². The first-order valence-electron chi connectivity index (χ1n) is 5.62. The topological polar surface area (TPSA) is 55.1 Å². The van der Waals surface area contributed by atoms with Gasteiger partial charge in [-0.1, -0.05) is 13.8 Å². The van der Waals surface area contributed by atoms with Crippen molar-refractivity contribution in [3.8, 4) is 0 Å². The maximum atomic E-state index is 11.1. The summed E-state index contributed by atoms with van der Waals surface area (Å²) >= 11 is 0. The van der Waals surface area contributed by atoms with Crippen molar-refractivity contribution in [3.05, 3.63) is 18.0 Å². The van der Waals surface area contributed by atoms with Gasteiger partial charge in [0.15, 0.2) is 0 Å². The van der Waals surface area contributed by atoms with Gasteiger partial charge in [0.25, 0.3) is 0 Å². The first kappa shape index (κ1) is 11.2. The lowest BCUT2D eigenvalue weighted by Crippen LogP contribution is -2.03. The predicted octanol–water partition coefficient (Wildman–Crippen LogP) is 2.29. The fourth-order valence-electron chi connectivity index (χ4n) is 2.52. The summed E-state index contributed by atoms with van der Waals surface area (Å²) < 4.78 is 1.88. The fraction of sp³-hybridized carbons (Fsp3) is 0.667. The van der Waals surface area contributed by atoms with Crippen molar-refractivity contribution in [3.63, 3.8) is 0 Å². The molecule has 1 N–H and O–H groups in total.